The lowest BCUT2D eigenvalue weighted by Gasteiger charge is -2.33. The Morgan fingerprint density at radius 2 is 1.83 bits per heavy atom. The summed E-state index contributed by atoms with van der Waals surface area (Å²) >= 11 is 0. The van der Waals surface area contributed by atoms with E-state index in [2.05, 4.69) is 56.0 Å². The van der Waals surface area contributed by atoms with Crippen LogP contribution in [0.3, 0.4) is 0 Å². The molecule has 1 fully saturated rings. The molecule has 0 radical (unpaired) electrons. The number of hydrogen-bond acceptors (Lipinski definition) is 0. The average molecular weight is 240 g/mol. The van der Waals surface area contributed by atoms with E-state index >= 15 is 0 Å². The molecule has 1 saturated carbocycles. The minimum Gasteiger partial charge on any atom is -0.121 e. The molecule has 0 nitrogen and oxygen atoms in total. The van der Waals surface area contributed by atoms with Crippen molar-refractivity contribution in [1.82, 2.24) is 0 Å². The normalized spacial score (nSPS) is 17.9. The van der Waals surface area contributed by atoms with Gasteiger partial charge in [-0.25, -0.2) is 0 Å². The Hall–Kier alpha value is -1.26. The van der Waals surface area contributed by atoms with E-state index < -0.39 is 0 Å². The van der Waals surface area contributed by atoms with Gasteiger partial charge >= 0.3 is 0 Å². The highest BCUT2D eigenvalue weighted by atomic mass is 14.3. The van der Waals surface area contributed by atoms with E-state index in [1.165, 1.54) is 49.7 Å². The fraction of sp³-hybridized carbons (Fsp3) is 0.500. The van der Waals surface area contributed by atoms with Crippen LogP contribution in [0.25, 0.3) is 6.08 Å². The van der Waals surface area contributed by atoms with Crippen molar-refractivity contribution in [3.05, 3.63) is 47.2 Å². The first kappa shape index (κ1) is 13.2. The van der Waals surface area contributed by atoms with Crippen LogP contribution in [0.5, 0.6) is 0 Å². The molecule has 0 saturated heterocycles. The van der Waals surface area contributed by atoms with Crippen molar-refractivity contribution in [2.24, 2.45) is 5.41 Å². The van der Waals surface area contributed by atoms with Gasteiger partial charge in [-0.3, -0.25) is 0 Å². The zero-order chi connectivity index (χ0) is 12.8. The van der Waals surface area contributed by atoms with Crippen molar-refractivity contribution >= 4 is 6.08 Å². The zero-order valence-corrected chi connectivity index (χ0v) is 11.7. The smallest absolute Gasteiger partial charge is 0.0128 e. The number of rotatable bonds is 3. The fourth-order valence-electron chi connectivity index (χ4n) is 3.03. The Bertz CT molecular complexity index is 426. The summed E-state index contributed by atoms with van der Waals surface area (Å²) in [6.07, 6.45) is 10.3. The lowest BCUT2D eigenvalue weighted by Crippen LogP contribution is -2.20. The van der Waals surface area contributed by atoms with E-state index in [0.29, 0.717) is 5.41 Å². The van der Waals surface area contributed by atoms with Crippen molar-refractivity contribution in [1.29, 1.82) is 0 Å². The Labute approximate surface area is 111 Å². The Kier molecular flexibility index (Phi) is 4.44. The highest BCUT2D eigenvalue weighted by Crippen LogP contribution is 2.40. The number of allylic oxidation sites excluding steroid dienone is 1. The highest BCUT2D eigenvalue weighted by molar-refractivity contribution is 5.48. The minimum absolute atomic E-state index is 0.528. The maximum Gasteiger partial charge on any atom is -0.0128 e. The maximum atomic E-state index is 3.46. The van der Waals surface area contributed by atoms with Crippen LogP contribution in [0, 0.1) is 5.41 Å². The molecule has 0 heterocycles. The van der Waals surface area contributed by atoms with E-state index in [1.807, 2.05) is 0 Å². The standard InChI is InChI=1S/C18H24/c1-16(11-12-17-9-5-3-6-10-17)15-18(2)13-7-4-8-14-18/h3,5-6,9-10,12H,4,7-8,13-15H2,1-2H3. The van der Waals surface area contributed by atoms with Gasteiger partial charge in [-0.05, 0) is 48.8 Å². The van der Waals surface area contributed by atoms with Crippen LogP contribution in [0.1, 0.15) is 57.9 Å². The van der Waals surface area contributed by atoms with Crippen LogP contribution in [0.2, 0.25) is 0 Å². The molecule has 2 rings (SSSR count). The van der Waals surface area contributed by atoms with E-state index in [9.17, 15) is 0 Å². The predicted octanol–water partition coefficient (Wildman–Crippen LogP) is 5.61. The van der Waals surface area contributed by atoms with Gasteiger partial charge in [0.2, 0.25) is 0 Å². The van der Waals surface area contributed by atoms with Gasteiger partial charge in [0.25, 0.3) is 0 Å². The van der Waals surface area contributed by atoms with Gasteiger partial charge < -0.3 is 0 Å². The molecule has 0 N–H and O–H groups in total. The number of hydrogen-bond donors (Lipinski definition) is 0. The molecule has 0 unspecified atom stereocenters. The largest absolute Gasteiger partial charge is 0.121 e. The molecule has 18 heavy (non-hydrogen) atoms. The highest BCUT2D eigenvalue weighted by Gasteiger charge is 2.26. The van der Waals surface area contributed by atoms with Crippen molar-refractivity contribution in [3.63, 3.8) is 0 Å². The SMILES string of the molecule is CC(=C=Cc1ccccc1)CC1(C)CCCCC1. The monoisotopic (exact) mass is 240 g/mol. The molecule has 0 aromatic heterocycles. The quantitative estimate of drug-likeness (QED) is 0.603. The van der Waals surface area contributed by atoms with Gasteiger partial charge in [-0.2, -0.15) is 0 Å². The van der Waals surface area contributed by atoms with E-state index in [4.69, 9.17) is 0 Å². The lowest BCUT2D eigenvalue weighted by atomic mass is 9.72. The molecule has 0 atom stereocenters. The van der Waals surface area contributed by atoms with Gasteiger partial charge in [-0.1, -0.05) is 56.5 Å². The summed E-state index contributed by atoms with van der Waals surface area (Å²) in [4.78, 5) is 0. The second-order valence-electron chi connectivity index (χ2n) is 6.03. The Balaban J connectivity index is 2.02. The van der Waals surface area contributed by atoms with Crippen LogP contribution in [0.4, 0.5) is 0 Å². The second-order valence-corrected chi connectivity index (χ2v) is 6.03. The van der Waals surface area contributed by atoms with Crippen molar-refractivity contribution in [2.45, 2.75) is 52.4 Å². The summed E-state index contributed by atoms with van der Waals surface area (Å²) < 4.78 is 0. The third-order valence-electron chi connectivity index (χ3n) is 4.04. The van der Waals surface area contributed by atoms with E-state index in [1.54, 1.807) is 0 Å². The molecule has 0 amide bonds. The summed E-state index contributed by atoms with van der Waals surface area (Å²) in [6, 6.07) is 10.5. The van der Waals surface area contributed by atoms with Crippen molar-refractivity contribution in [2.75, 3.05) is 0 Å². The molecule has 0 aliphatic heterocycles. The molecular weight excluding hydrogens is 216 g/mol. The molecule has 0 heteroatoms. The summed E-state index contributed by atoms with van der Waals surface area (Å²) in [5.74, 6) is 0. The first-order chi connectivity index (χ1) is 8.68. The zero-order valence-electron chi connectivity index (χ0n) is 11.7. The van der Waals surface area contributed by atoms with Gasteiger partial charge in [0, 0.05) is 0 Å². The molecule has 0 bridgehead atoms. The molecule has 1 aromatic rings. The molecule has 96 valence electrons. The van der Waals surface area contributed by atoms with Crippen LogP contribution < -0.4 is 0 Å². The average Bonchev–Trinajstić information content (AvgIpc) is 2.38. The molecule has 1 aliphatic carbocycles. The van der Waals surface area contributed by atoms with Crippen LogP contribution in [-0.4, -0.2) is 0 Å². The Morgan fingerprint density at radius 3 is 2.50 bits per heavy atom. The van der Waals surface area contributed by atoms with Gasteiger partial charge in [0.15, 0.2) is 0 Å². The third kappa shape index (κ3) is 3.89. The van der Waals surface area contributed by atoms with Crippen LogP contribution in [-0.2, 0) is 0 Å². The summed E-state index contributed by atoms with van der Waals surface area (Å²) in [6.45, 7) is 4.67. The molecule has 0 spiro atoms. The van der Waals surface area contributed by atoms with E-state index in [0.717, 1.165) is 0 Å². The molecule has 1 aliphatic rings. The summed E-state index contributed by atoms with van der Waals surface area (Å²) in [5.41, 5.74) is 6.62. The van der Waals surface area contributed by atoms with E-state index in [-0.39, 0.29) is 0 Å². The fourth-order valence-corrected chi connectivity index (χ4v) is 3.03. The predicted molar refractivity (Wildman–Crippen MR) is 79.4 cm³/mol. The van der Waals surface area contributed by atoms with Crippen LogP contribution >= 0.6 is 0 Å². The molecule has 1 aromatic carbocycles. The Morgan fingerprint density at radius 1 is 1.17 bits per heavy atom. The minimum atomic E-state index is 0.528. The lowest BCUT2D eigenvalue weighted by molar-refractivity contribution is 0.214. The van der Waals surface area contributed by atoms with Gasteiger partial charge in [0.1, 0.15) is 0 Å². The van der Waals surface area contributed by atoms with Crippen molar-refractivity contribution in [3.8, 4) is 0 Å². The first-order valence-corrected chi connectivity index (χ1v) is 7.15. The van der Waals surface area contributed by atoms with Crippen molar-refractivity contribution < 1.29 is 0 Å². The third-order valence-corrected chi connectivity index (χ3v) is 4.04. The van der Waals surface area contributed by atoms with Crippen LogP contribution in [0.15, 0.2) is 41.6 Å². The maximum absolute atomic E-state index is 3.46. The first-order valence-electron chi connectivity index (χ1n) is 7.15. The molecular formula is C18H24. The summed E-state index contributed by atoms with van der Waals surface area (Å²) in [7, 11) is 0. The topological polar surface area (TPSA) is 0 Å². The number of benzene rings is 1. The van der Waals surface area contributed by atoms with Gasteiger partial charge in [0.05, 0.1) is 0 Å². The summed E-state index contributed by atoms with van der Waals surface area (Å²) in [5, 5.41) is 0. The van der Waals surface area contributed by atoms with Gasteiger partial charge in [-0.15, -0.1) is 5.73 Å². The second kappa shape index (κ2) is 6.07.